The largest absolute Gasteiger partial charge is 0.482 e. The van der Waals surface area contributed by atoms with E-state index < -0.39 is 16.1 Å². The lowest BCUT2D eigenvalue weighted by atomic mass is 10.1. The van der Waals surface area contributed by atoms with Crippen LogP contribution in [0.1, 0.15) is 51.4 Å². The van der Waals surface area contributed by atoms with Crippen molar-refractivity contribution in [3.63, 3.8) is 0 Å². The van der Waals surface area contributed by atoms with Gasteiger partial charge in [-0.3, -0.25) is 9.59 Å². The van der Waals surface area contributed by atoms with Gasteiger partial charge in [-0.15, -0.1) is 0 Å². The molecule has 1 saturated carbocycles. The van der Waals surface area contributed by atoms with Gasteiger partial charge in [0.15, 0.2) is 6.61 Å². The molecule has 2 aliphatic heterocycles. The Morgan fingerprint density at radius 2 is 1.87 bits per heavy atom. The zero-order valence-electron chi connectivity index (χ0n) is 16.7. The number of carbonyl (C=O) groups is 2. The van der Waals surface area contributed by atoms with Crippen molar-refractivity contribution in [3.8, 4) is 5.75 Å². The van der Waals surface area contributed by atoms with Crippen LogP contribution in [0.5, 0.6) is 5.75 Å². The molecule has 0 bridgehead atoms. The van der Waals surface area contributed by atoms with Gasteiger partial charge in [-0.25, -0.2) is 8.42 Å². The first kappa shape index (κ1) is 21.4. The molecule has 1 saturated heterocycles. The molecule has 2 fully saturated rings. The molecule has 1 atom stereocenters. The summed E-state index contributed by atoms with van der Waals surface area (Å²) in [6, 6.07) is 2.06. The quantitative estimate of drug-likeness (QED) is 0.679. The highest BCUT2D eigenvalue weighted by molar-refractivity contribution is 7.89. The Morgan fingerprint density at radius 3 is 2.60 bits per heavy atom. The summed E-state index contributed by atoms with van der Waals surface area (Å²) < 4.78 is 33.4. The van der Waals surface area contributed by atoms with Crippen molar-refractivity contribution in [2.45, 2.75) is 68.3 Å². The number of sulfonamides is 1. The molecular formula is C20H26ClN3O5S. The lowest BCUT2D eigenvalue weighted by molar-refractivity contribution is -0.125. The van der Waals surface area contributed by atoms with Crippen LogP contribution in [-0.2, 0) is 19.6 Å². The third-order valence-corrected chi connectivity index (χ3v) is 8.33. The van der Waals surface area contributed by atoms with Gasteiger partial charge in [0.05, 0.1) is 10.7 Å². The minimum atomic E-state index is -4.01. The highest BCUT2D eigenvalue weighted by atomic mass is 35.5. The zero-order valence-corrected chi connectivity index (χ0v) is 18.2. The molecule has 4 rings (SSSR count). The maximum Gasteiger partial charge on any atom is 0.262 e. The second-order valence-electron chi connectivity index (χ2n) is 8.09. The first-order valence-corrected chi connectivity index (χ1v) is 12.3. The molecule has 8 nitrogen and oxygen atoms in total. The smallest absolute Gasteiger partial charge is 0.262 e. The summed E-state index contributed by atoms with van der Waals surface area (Å²) in [5.74, 6) is -0.319. The van der Waals surface area contributed by atoms with Crippen molar-refractivity contribution in [1.82, 2.24) is 9.62 Å². The summed E-state index contributed by atoms with van der Waals surface area (Å²) in [6.45, 7) is 0.0698. The van der Waals surface area contributed by atoms with Crippen molar-refractivity contribution < 1.29 is 22.7 Å². The van der Waals surface area contributed by atoms with E-state index in [1.807, 2.05) is 0 Å². The number of rotatable bonds is 4. The lowest BCUT2D eigenvalue weighted by Gasteiger charge is -2.27. The SMILES string of the molecule is O=C1COc2cc(S(=O)(=O)N3CCC[C@H]3C(=O)NC3CCCCCC3)c(Cl)cc2N1. The molecule has 0 aromatic heterocycles. The van der Waals surface area contributed by atoms with Gasteiger partial charge < -0.3 is 15.4 Å². The molecule has 2 amide bonds. The monoisotopic (exact) mass is 455 g/mol. The van der Waals surface area contributed by atoms with Crippen molar-refractivity contribution in [1.29, 1.82) is 0 Å². The van der Waals surface area contributed by atoms with E-state index in [2.05, 4.69) is 10.6 Å². The van der Waals surface area contributed by atoms with Crippen LogP contribution in [0.2, 0.25) is 5.02 Å². The van der Waals surface area contributed by atoms with Crippen LogP contribution in [0.4, 0.5) is 5.69 Å². The maximum atomic E-state index is 13.4. The molecule has 0 radical (unpaired) electrons. The molecule has 3 aliphatic rings. The van der Waals surface area contributed by atoms with Crippen LogP contribution in [0.25, 0.3) is 0 Å². The van der Waals surface area contributed by atoms with Crippen molar-refractivity contribution >= 4 is 39.1 Å². The Balaban J connectivity index is 1.56. The average Bonchev–Trinajstić information content (AvgIpc) is 3.07. The Bertz CT molecular complexity index is 944. The lowest BCUT2D eigenvalue weighted by Crippen LogP contribution is -2.48. The molecular weight excluding hydrogens is 430 g/mol. The van der Waals surface area contributed by atoms with Gasteiger partial charge in [-0.05, 0) is 31.7 Å². The second kappa shape index (κ2) is 8.72. The van der Waals surface area contributed by atoms with Crippen molar-refractivity contribution in [3.05, 3.63) is 17.2 Å². The highest BCUT2D eigenvalue weighted by Crippen LogP contribution is 2.38. The van der Waals surface area contributed by atoms with E-state index >= 15 is 0 Å². The predicted molar refractivity (Wildman–Crippen MR) is 112 cm³/mol. The summed E-state index contributed by atoms with van der Waals surface area (Å²) in [4.78, 5) is 24.3. The van der Waals surface area contributed by atoms with E-state index in [1.165, 1.54) is 29.3 Å². The number of fused-ring (bicyclic) bond motifs is 1. The molecule has 30 heavy (non-hydrogen) atoms. The van der Waals surface area contributed by atoms with Gasteiger partial charge in [0.1, 0.15) is 16.7 Å². The number of hydrogen-bond donors (Lipinski definition) is 2. The van der Waals surface area contributed by atoms with Crippen LogP contribution in [0, 0.1) is 0 Å². The summed E-state index contributed by atoms with van der Waals surface area (Å²) >= 11 is 6.26. The molecule has 0 unspecified atom stereocenters. The predicted octanol–water partition coefficient (Wildman–Crippen LogP) is 2.66. The number of benzene rings is 1. The van der Waals surface area contributed by atoms with Gasteiger partial charge in [0, 0.05) is 18.7 Å². The van der Waals surface area contributed by atoms with E-state index in [-0.39, 0.29) is 46.7 Å². The second-order valence-corrected chi connectivity index (χ2v) is 10.4. The first-order valence-electron chi connectivity index (χ1n) is 10.4. The minimum absolute atomic E-state index is 0.0191. The minimum Gasteiger partial charge on any atom is -0.482 e. The van der Waals surface area contributed by atoms with Crippen LogP contribution in [0.15, 0.2) is 17.0 Å². The van der Waals surface area contributed by atoms with Crippen molar-refractivity contribution in [2.75, 3.05) is 18.5 Å². The Labute approximate surface area is 181 Å². The van der Waals surface area contributed by atoms with E-state index in [9.17, 15) is 18.0 Å². The third-order valence-electron chi connectivity index (χ3n) is 5.96. The molecule has 1 aromatic rings. The molecule has 164 valence electrons. The number of amides is 2. The Morgan fingerprint density at radius 1 is 1.13 bits per heavy atom. The van der Waals surface area contributed by atoms with Crippen molar-refractivity contribution in [2.24, 2.45) is 0 Å². The fraction of sp³-hybridized carbons (Fsp3) is 0.600. The van der Waals surface area contributed by atoms with Gasteiger partial charge in [-0.2, -0.15) is 4.31 Å². The Hall–Kier alpha value is -1.84. The van der Waals surface area contributed by atoms with E-state index in [0.29, 0.717) is 18.5 Å². The fourth-order valence-electron chi connectivity index (χ4n) is 4.42. The fourth-order valence-corrected chi connectivity index (χ4v) is 6.59. The molecule has 1 aliphatic carbocycles. The molecule has 2 heterocycles. The Kier molecular flexibility index (Phi) is 6.22. The summed E-state index contributed by atoms with van der Waals surface area (Å²) in [5.41, 5.74) is 0.333. The van der Waals surface area contributed by atoms with Gasteiger partial charge in [0.2, 0.25) is 15.9 Å². The van der Waals surface area contributed by atoms with Crippen LogP contribution >= 0.6 is 11.6 Å². The number of hydrogen-bond acceptors (Lipinski definition) is 5. The third kappa shape index (κ3) is 4.29. The number of anilines is 1. The number of nitrogens with zero attached hydrogens (tertiary/aromatic N) is 1. The van der Waals surface area contributed by atoms with Gasteiger partial charge in [-0.1, -0.05) is 37.3 Å². The zero-order chi connectivity index (χ0) is 21.3. The molecule has 1 aromatic carbocycles. The summed E-state index contributed by atoms with van der Waals surface area (Å²) in [6.07, 6.45) is 7.48. The number of nitrogens with one attached hydrogen (secondary N) is 2. The van der Waals surface area contributed by atoms with Crippen LogP contribution < -0.4 is 15.4 Å². The van der Waals surface area contributed by atoms with Crippen LogP contribution in [-0.4, -0.2) is 49.8 Å². The number of carbonyl (C=O) groups excluding carboxylic acids is 2. The van der Waals surface area contributed by atoms with E-state index in [4.69, 9.17) is 16.3 Å². The molecule has 10 heteroatoms. The number of ether oxygens (including phenoxy) is 1. The summed E-state index contributed by atoms with van der Waals surface area (Å²) in [5, 5.41) is 5.66. The maximum absolute atomic E-state index is 13.4. The van der Waals surface area contributed by atoms with Crippen LogP contribution in [0.3, 0.4) is 0 Å². The van der Waals surface area contributed by atoms with Gasteiger partial charge >= 0.3 is 0 Å². The molecule has 2 N–H and O–H groups in total. The average molecular weight is 456 g/mol. The number of halogens is 1. The summed E-state index contributed by atoms with van der Waals surface area (Å²) in [7, 11) is -4.01. The molecule has 0 spiro atoms. The highest BCUT2D eigenvalue weighted by Gasteiger charge is 2.41. The standard InChI is InChI=1S/C20H26ClN3O5S/c21-14-10-15-17(29-12-19(25)23-15)11-18(14)30(27,28)24-9-5-8-16(24)20(26)22-13-6-3-1-2-4-7-13/h10-11,13,16H,1-9,12H2,(H,22,26)(H,23,25)/t16-/m0/s1. The van der Waals surface area contributed by atoms with Gasteiger partial charge in [0.25, 0.3) is 5.91 Å². The normalized spacial score (nSPS) is 23.2. The first-order chi connectivity index (χ1) is 14.4. The van der Waals surface area contributed by atoms with E-state index in [1.54, 1.807) is 0 Å². The van der Waals surface area contributed by atoms with E-state index in [0.717, 1.165) is 25.7 Å². The topological polar surface area (TPSA) is 105 Å².